The molecule has 2 aromatic rings. The summed E-state index contributed by atoms with van der Waals surface area (Å²) in [6, 6.07) is 6.26. The zero-order valence-corrected chi connectivity index (χ0v) is 12.8. The van der Waals surface area contributed by atoms with Crippen LogP contribution in [0.4, 0.5) is 0 Å². The van der Waals surface area contributed by atoms with Crippen molar-refractivity contribution < 1.29 is 0 Å². The number of aryl methyl sites for hydroxylation is 2. The van der Waals surface area contributed by atoms with Gasteiger partial charge in [-0.25, -0.2) is 4.98 Å². The van der Waals surface area contributed by atoms with Crippen LogP contribution in [0.3, 0.4) is 0 Å². The summed E-state index contributed by atoms with van der Waals surface area (Å²) in [6.07, 6.45) is 3.43. The minimum Gasteiger partial charge on any atom is -0.302 e. The maximum absolute atomic E-state index is 4.58. The molecule has 0 bridgehead atoms. The third kappa shape index (κ3) is 3.67. The van der Waals surface area contributed by atoms with Crippen LogP contribution in [0, 0.1) is 13.8 Å². The van der Waals surface area contributed by atoms with Crippen molar-refractivity contribution in [3.63, 3.8) is 0 Å². The van der Waals surface area contributed by atoms with Gasteiger partial charge < -0.3 is 4.90 Å². The molecule has 5 heteroatoms. The van der Waals surface area contributed by atoms with Gasteiger partial charge in [0.05, 0.1) is 0 Å². The molecule has 5 nitrogen and oxygen atoms in total. The van der Waals surface area contributed by atoms with Gasteiger partial charge in [0, 0.05) is 36.8 Å². The van der Waals surface area contributed by atoms with Crippen LogP contribution in [0.5, 0.6) is 0 Å². The Bertz CT molecular complexity index is 592. The van der Waals surface area contributed by atoms with Crippen LogP contribution >= 0.6 is 0 Å². The maximum atomic E-state index is 4.58. The summed E-state index contributed by atoms with van der Waals surface area (Å²) in [7, 11) is 0. The van der Waals surface area contributed by atoms with Gasteiger partial charge in [-0.3, -0.25) is 10.1 Å². The van der Waals surface area contributed by atoms with E-state index in [9.17, 15) is 0 Å². The van der Waals surface area contributed by atoms with Crippen molar-refractivity contribution in [1.82, 2.24) is 25.1 Å². The van der Waals surface area contributed by atoms with E-state index >= 15 is 0 Å². The van der Waals surface area contributed by atoms with Gasteiger partial charge in [0.2, 0.25) is 0 Å². The van der Waals surface area contributed by atoms with Gasteiger partial charge in [-0.1, -0.05) is 6.07 Å². The number of H-pyrrole nitrogens is 1. The largest absolute Gasteiger partial charge is 0.302 e. The number of piperidine rings is 1. The number of aromatic amines is 1. The molecule has 1 fully saturated rings. The molecule has 2 aromatic heterocycles. The molecule has 3 rings (SSSR count). The second kappa shape index (κ2) is 6.35. The number of rotatable bonds is 4. The van der Waals surface area contributed by atoms with Crippen molar-refractivity contribution in [1.29, 1.82) is 0 Å². The first-order valence-electron chi connectivity index (χ1n) is 7.74. The average molecular weight is 285 g/mol. The number of likely N-dealkylation sites (tertiary alicyclic amines) is 1. The van der Waals surface area contributed by atoms with Crippen molar-refractivity contribution in [3.8, 4) is 0 Å². The summed E-state index contributed by atoms with van der Waals surface area (Å²) in [4.78, 5) is 11.6. The Morgan fingerprint density at radius 3 is 2.95 bits per heavy atom. The Balaban J connectivity index is 1.56. The lowest BCUT2D eigenvalue weighted by molar-refractivity contribution is 0.206. The van der Waals surface area contributed by atoms with Crippen LogP contribution in [0.15, 0.2) is 18.2 Å². The van der Waals surface area contributed by atoms with Gasteiger partial charge in [0.25, 0.3) is 0 Å². The molecule has 1 saturated heterocycles. The predicted octanol–water partition coefficient (Wildman–Crippen LogP) is 2.24. The van der Waals surface area contributed by atoms with Crippen molar-refractivity contribution in [2.75, 3.05) is 19.6 Å². The Morgan fingerprint density at radius 2 is 2.19 bits per heavy atom. The molecule has 112 valence electrons. The van der Waals surface area contributed by atoms with Crippen molar-refractivity contribution in [2.24, 2.45) is 0 Å². The molecule has 1 aliphatic rings. The summed E-state index contributed by atoms with van der Waals surface area (Å²) in [5.41, 5.74) is 2.28. The molecule has 21 heavy (non-hydrogen) atoms. The summed E-state index contributed by atoms with van der Waals surface area (Å²) < 4.78 is 0. The van der Waals surface area contributed by atoms with E-state index in [1.165, 1.54) is 25.1 Å². The number of hydrogen-bond acceptors (Lipinski definition) is 4. The second-order valence-electron chi connectivity index (χ2n) is 5.94. The lowest BCUT2D eigenvalue weighted by Gasteiger charge is -2.31. The van der Waals surface area contributed by atoms with E-state index in [-0.39, 0.29) is 0 Å². The maximum Gasteiger partial charge on any atom is 0.155 e. The molecule has 1 atom stereocenters. The highest BCUT2D eigenvalue weighted by Gasteiger charge is 2.24. The highest BCUT2D eigenvalue weighted by atomic mass is 15.2. The monoisotopic (exact) mass is 285 g/mol. The number of aromatic nitrogens is 4. The van der Waals surface area contributed by atoms with E-state index in [1.807, 2.05) is 19.9 Å². The Morgan fingerprint density at radius 1 is 1.29 bits per heavy atom. The van der Waals surface area contributed by atoms with Gasteiger partial charge in [0.1, 0.15) is 5.82 Å². The van der Waals surface area contributed by atoms with Gasteiger partial charge >= 0.3 is 0 Å². The summed E-state index contributed by atoms with van der Waals surface area (Å²) in [5.74, 6) is 2.35. The van der Waals surface area contributed by atoms with E-state index in [0.29, 0.717) is 5.92 Å². The molecule has 3 heterocycles. The van der Waals surface area contributed by atoms with Crippen LogP contribution in [0.1, 0.15) is 41.8 Å². The van der Waals surface area contributed by atoms with E-state index < -0.39 is 0 Å². The quantitative estimate of drug-likeness (QED) is 0.936. The molecule has 1 N–H and O–H groups in total. The molecular formula is C16H23N5. The fourth-order valence-corrected chi connectivity index (χ4v) is 3.02. The number of nitrogens with zero attached hydrogens (tertiary/aromatic N) is 4. The van der Waals surface area contributed by atoms with Crippen molar-refractivity contribution in [2.45, 2.75) is 39.0 Å². The summed E-state index contributed by atoms with van der Waals surface area (Å²) in [5, 5.41) is 7.28. The smallest absolute Gasteiger partial charge is 0.155 e. The van der Waals surface area contributed by atoms with Crippen LogP contribution in [-0.4, -0.2) is 44.7 Å². The molecule has 1 aliphatic heterocycles. The third-order valence-corrected chi connectivity index (χ3v) is 4.12. The second-order valence-corrected chi connectivity index (χ2v) is 5.94. The van der Waals surface area contributed by atoms with Gasteiger partial charge in [-0.2, -0.15) is 5.10 Å². The molecule has 0 aliphatic carbocycles. The van der Waals surface area contributed by atoms with Crippen LogP contribution in [-0.2, 0) is 6.42 Å². The van der Waals surface area contributed by atoms with Gasteiger partial charge in [-0.15, -0.1) is 0 Å². The number of hydrogen-bond donors (Lipinski definition) is 1. The van der Waals surface area contributed by atoms with Crippen LogP contribution in [0.2, 0.25) is 0 Å². The minimum atomic E-state index is 0.467. The fourth-order valence-electron chi connectivity index (χ4n) is 3.02. The van der Waals surface area contributed by atoms with Gasteiger partial charge in [0.15, 0.2) is 5.82 Å². The molecule has 0 amide bonds. The van der Waals surface area contributed by atoms with Crippen LogP contribution in [0.25, 0.3) is 0 Å². The minimum absolute atomic E-state index is 0.467. The van der Waals surface area contributed by atoms with Crippen molar-refractivity contribution >= 4 is 0 Å². The molecule has 0 spiro atoms. The topological polar surface area (TPSA) is 57.7 Å². The van der Waals surface area contributed by atoms with Gasteiger partial charge in [-0.05, 0) is 45.4 Å². The first-order valence-corrected chi connectivity index (χ1v) is 7.74. The lowest BCUT2D eigenvalue weighted by Crippen LogP contribution is -2.36. The molecule has 0 saturated carbocycles. The predicted molar refractivity (Wildman–Crippen MR) is 82.2 cm³/mol. The first-order chi connectivity index (χ1) is 10.2. The highest BCUT2D eigenvalue weighted by molar-refractivity contribution is 5.10. The molecule has 0 unspecified atom stereocenters. The highest BCUT2D eigenvalue weighted by Crippen LogP contribution is 2.24. The van der Waals surface area contributed by atoms with E-state index in [2.05, 4.69) is 37.2 Å². The molecule has 0 aromatic carbocycles. The molecule has 0 radical (unpaired) electrons. The zero-order valence-electron chi connectivity index (χ0n) is 12.8. The van der Waals surface area contributed by atoms with E-state index in [0.717, 1.165) is 36.9 Å². The summed E-state index contributed by atoms with van der Waals surface area (Å²) in [6.45, 7) is 7.30. The zero-order chi connectivity index (χ0) is 14.7. The fraction of sp³-hybridized carbons (Fsp3) is 0.562. The first kappa shape index (κ1) is 14.2. The Labute approximate surface area is 125 Å². The number of pyridine rings is 1. The third-order valence-electron chi connectivity index (χ3n) is 4.12. The number of nitrogens with one attached hydrogen (secondary N) is 1. The van der Waals surface area contributed by atoms with Crippen molar-refractivity contribution in [3.05, 3.63) is 41.2 Å². The van der Waals surface area contributed by atoms with E-state index in [1.54, 1.807) is 0 Å². The Hall–Kier alpha value is -1.75. The standard InChI is InChI=1S/C16H23N5/c1-12-5-3-7-15(17-12)8-10-21-9-4-6-14(11-21)16-18-13(2)19-20-16/h3,5,7,14H,4,6,8-11H2,1-2H3,(H,18,19,20)/t14-/m1/s1. The SMILES string of the molecule is Cc1cccc(CCN2CCC[C@@H](c3n[nH]c(C)n3)C2)n1. The summed E-state index contributed by atoms with van der Waals surface area (Å²) >= 11 is 0. The van der Waals surface area contributed by atoms with Crippen LogP contribution < -0.4 is 0 Å². The Kier molecular flexibility index (Phi) is 4.29. The average Bonchev–Trinajstić information content (AvgIpc) is 2.92. The lowest BCUT2D eigenvalue weighted by atomic mass is 9.97. The van der Waals surface area contributed by atoms with E-state index in [4.69, 9.17) is 0 Å². The molecular weight excluding hydrogens is 262 g/mol. The normalized spacial score (nSPS) is 19.8.